The Morgan fingerprint density at radius 1 is 1.57 bits per heavy atom. The molecule has 1 aliphatic heterocycles. The summed E-state index contributed by atoms with van der Waals surface area (Å²) >= 11 is 0. The molecule has 1 saturated heterocycles. The van der Waals surface area contributed by atoms with Gasteiger partial charge in [0.2, 0.25) is 5.91 Å². The third-order valence-electron chi connectivity index (χ3n) is 4.17. The first-order chi connectivity index (χ1) is 11.2. The van der Waals surface area contributed by atoms with E-state index in [1.54, 1.807) is 18.7 Å². The van der Waals surface area contributed by atoms with Crippen molar-refractivity contribution in [3.05, 3.63) is 36.7 Å². The van der Waals surface area contributed by atoms with E-state index in [9.17, 15) is 4.79 Å². The number of ether oxygens (including phenoxy) is 1. The van der Waals surface area contributed by atoms with Crippen molar-refractivity contribution in [1.29, 1.82) is 0 Å². The molecule has 1 aliphatic rings. The zero-order valence-electron chi connectivity index (χ0n) is 13.6. The first-order valence-corrected chi connectivity index (χ1v) is 8.07. The Kier molecular flexibility index (Phi) is 4.76. The zero-order valence-corrected chi connectivity index (χ0v) is 13.6. The van der Waals surface area contributed by atoms with Crippen LogP contribution in [0.5, 0.6) is 0 Å². The zero-order chi connectivity index (χ0) is 16.2. The second-order valence-electron chi connectivity index (χ2n) is 5.99. The lowest BCUT2D eigenvalue weighted by atomic mass is 9.96. The lowest BCUT2D eigenvalue weighted by Crippen LogP contribution is -2.40. The van der Waals surface area contributed by atoms with Crippen LogP contribution in [0.25, 0.3) is 0 Å². The number of rotatable bonds is 6. The Balaban J connectivity index is 1.61. The van der Waals surface area contributed by atoms with Gasteiger partial charge in [-0.3, -0.25) is 9.48 Å². The fourth-order valence-corrected chi connectivity index (χ4v) is 2.99. The van der Waals surface area contributed by atoms with Crippen LogP contribution in [0.1, 0.15) is 31.9 Å². The molecule has 1 fully saturated rings. The van der Waals surface area contributed by atoms with Gasteiger partial charge in [-0.1, -0.05) is 0 Å². The molecule has 3 heterocycles. The maximum atomic E-state index is 12.6. The van der Waals surface area contributed by atoms with Crippen molar-refractivity contribution in [3.63, 3.8) is 0 Å². The maximum Gasteiger partial charge on any atom is 0.226 e. The van der Waals surface area contributed by atoms with Gasteiger partial charge in [0.1, 0.15) is 0 Å². The van der Waals surface area contributed by atoms with E-state index in [0.29, 0.717) is 13.2 Å². The van der Waals surface area contributed by atoms with Gasteiger partial charge in [-0.15, -0.1) is 0 Å². The molecule has 2 aromatic heterocycles. The van der Waals surface area contributed by atoms with Gasteiger partial charge in [-0.05, 0) is 20.3 Å². The monoisotopic (exact) mass is 317 g/mol. The van der Waals surface area contributed by atoms with Gasteiger partial charge in [0.25, 0.3) is 0 Å². The van der Waals surface area contributed by atoms with Crippen molar-refractivity contribution in [3.8, 4) is 0 Å². The van der Waals surface area contributed by atoms with E-state index in [0.717, 1.165) is 18.5 Å². The Morgan fingerprint density at radius 3 is 3.13 bits per heavy atom. The minimum Gasteiger partial charge on any atom is -0.373 e. The Hall–Kier alpha value is -2.15. The van der Waals surface area contributed by atoms with Gasteiger partial charge >= 0.3 is 0 Å². The Labute approximate surface area is 135 Å². The summed E-state index contributed by atoms with van der Waals surface area (Å²) in [6, 6.07) is 0.0383. The van der Waals surface area contributed by atoms with Crippen LogP contribution in [0, 0.1) is 5.92 Å². The van der Waals surface area contributed by atoms with E-state index in [-0.39, 0.29) is 24.0 Å². The van der Waals surface area contributed by atoms with Crippen LogP contribution >= 0.6 is 0 Å². The number of amides is 1. The standard InChI is InChI=1S/C16H23N5O2/c1-3-21-10-13(8-18-21)15-14(4-7-23-15)16(22)19-12(2)9-20-6-5-17-11-20/h5-6,8,10-12,14-15H,3-4,7,9H2,1-2H3,(H,19,22)/t12-,14-,15+/m0/s1. The van der Waals surface area contributed by atoms with Gasteiger partial charge in [0, 0.05) is 49.9 Å². The fourth-order valence-electron chi connectivity index (χ4n) is 2.99. The van der Waals surface area contributed by atoms with Crippen molar-refractivity contribution in [2.24, 2.45) is 5.92 Å². The Morgan fingerprint density at radius 2 is 2.43 bits per heavy atom. The summed E-state index contributed by atoms with van der Waals surface area (Å²) in [5.41, 5.74) is 0.978. The lowest BCUT2D eigenvalue weighted by Gasteiger charge is -2.20. The minimum atomic E-state index is -0.198. The van der Waals surface area contributed by atoms with E-state index in [4.69, 9.17) is 4.74 Å². The molecule has 1 amide bonds. The van der Waals surface area contributed by atoms with Crippen molar-refractivity contribution < 1.29 is 9.53 Å². The molecule has 124 valence electrons. The normalized spacial score (nSPS) is 22.2. The predicted octanol–water partition coefficient (Wildman–Crippen LogP) is 1.38. The van der Waals surface area contributed by atoms with Crippen LogP contribution in [0.3, 0.4) is 0 Å². The van der Waals surface area contributed by atoms with Crippen LogP contribution in [0.15, 0.2) is 31.1 Å². The van der Waals surface area contributed by atoms with E-state index in [1.807, 2.05) is 35.5 Å². The van der Waals surface area contributed by atoms with Gasteiger partial charge in [0.05, 0.1) is 24.5 Å². The average molecular weight is 317 g/mol. The topological polar surface area (TPSA) is 74.0 Å². The number of nitrogens with zero attached hydrogens (tertiary/aromatic N) is 4. The van der Waals surface area contributed by atoms with Crippen LogP contribution in [0.2, 0.25) is 0 Å². The predicted molar refractivity (Wildman–Crippen MR) is 84.5 cm³/mol. The van der Waals surface area contributed by atoms with Gasteiger partial charge in [-0.25, -0.2) is 4.98 Å². The second kappa shape index (κ2) is 6.95. The number of carbonyl (C=O) groups excluding carboxylic acids is 1. The number of aryl methyl sites for hydroxylation is 1. The first kappa shape index (κ1) is 15.7. The van der Waals surface area contributed by atoms with E-state index < -0.39 is 0 Å². The molecular formula is C16H23N5O2. The molecule has 1 N–H and O–H groups in total. The molecule has 0 aromatic carbocycles. The average Bonchev–Trinajstić information content (AvgIpc) is 3.27. The van der Waals surface area contributed by atoms with Crippen molar-refractivity contribution >= 4 is 5.91 Å². The number of aromatic nitrogens is 4. The van der Waals surface area contributed by atoms with Crippen LogP contribution < -0.4 is 5.32 Å². The second-order valence-corrected chi connectivity index (χ2v) is 5.99. The molecule has 7 nitrogen and oxygen atoms in total. The molecule has 3 rings (SSSR count). The number of hydrogen-bond donors (Lipinski definition) is 1. The summed E-state index contributed by atoms with van der Waals surface area (Å²) in [6.07, 6.45) is 9.69. The van der Waals surface area contributed by atoms with Crippen molar-refractivity contribution in [1.82, 2.24) is 24.6 Å². The highest BCUT2D eigenvalue weighted by molar-refractivity contribution is 5.80. The molecule has 23 heavy (non-hydrogen) atoms. The highest BCUT2D eigenvalue weighted by Gasteiger charge is 2.36. The molecule has 0 aliphatic carbocycles. The molecule has 0 saturated carbocycles. The van der Waals surface area contributed by atoms with Crippen molar-refractivity contribution in [2.75, 3.05) is 6.61 Å². The molecular weight excluding hydrogens is 294 g/mol. The summed E-state index contributed by atoms with van der Waals surface area (Å²) in [4.78, 5) is 16.6. The van der Waals surface area contributed by atoms with Gasteiger partial charge in [-0.2, -0.15) is 5.10 Å². The number of hydrogen-bond acceptors (Lipinski definition) is 4. The molecule has 0 unspecified atom stereocenters. The largest absolute Gasteiger partial charge is 0.373 e. The Bertz CT molecular complexity index is 637. The van der Waals surface area contributed by atoms with Gasteiger partial charge in [0.15, 0.2) is 0 Å². The van der Waals surface area contributed by atoms with Crippen LogP contribution in [0.4, 0.5) is 0 Å². The summed E-state index contributed by atoms with van der Waals surface area (Å²) in [5, 5.41) is 7.36. The number of imidazole rings is 1. The van der Waals surface area contributed by atoms with Crippen LogP contribution in [-0.2, 0) is 22.6 Å². The molecule has 7 heteroatoms. The summed E-state index contributed by atoms with van der Waals surface area (Å²) in [5.74, 6) is -0.112. The molecule has 3 atom stereocenters. The van der Waals surface area contributed by atoms with Crippen LogP contribution in [-0.4, -0.2) is 37.9 Å². The summed E-state index contributed by atoms with van der Waals surface area (Å²) < 4.78 is 9.60. The van der Waals surface area contributed by atoms with E-state index in [1.165, 1.54) is 0 Å². The fraction of sp³-hybridized carbons (Fsp3) is 0.562. The minimum absolute atomic E-state index is 0.0383. The van der Waals surface area contributed by atoms with E-state index >= 15 is 0 Å². The highest BCUT2D eigenvalue weighted by atomic mass is 16.5. The third kappa shape index (κ3) is 3.61. The van der Waals surface area contributed by atoms with E-state index in [2.05, 4.69) is 15.4 Å². The maximum absolute atomic E-state index is 12.6. The molecule has 0 radical (unpaired) electrons. The summed E-state index contributed by atoms with van der Waals surface area (Å²) in [7, 11) is 0. The third-order valence-corrected chi connectivity index (χ3v) is 4.17. The highest BCUT2D eigenvalue weighted by Crippen LogP contribution is 2.34. The van der Waals surface area contributed by atoms with Gasteiger partial charge < -0.3 is 14.6 Å². The number of carbonyl (C=O) groups is 1. The quantitative estimate of drug-likeness (QED) is 0.873. The SMILES string of the molecule is CCn1cc([C@H]2OCC[C@@H]2C(=O)N[C@@H](C)Cn2ccnc2)cn1. The summed E-state index contributed by atoms with van der Waals surface area (Å²) in [6.45, 7) is 6.16. The lowest BCUT2D eigenvalue weighted by molar-refractivity contribution is -0.127. The number of nitrogens with one attached hydrogen (secondary N) is 1. The molecule has 0 bridgehead atoms. The van der Waals surface area contributed by atoms with Crippen molar-refractivity contribution in [2.45, 2.75) is 45.5 Å². The molecule has 2 aromatic rings. The molecule has 0 spiro atoms. The first-order valence-electron chi connectivity index (χ1n) is 8.07. The smallest absolute Gasteiger partial charge is 0.226 e.